The maximum absolute atomic E-state index is 2.43. The molecule has 0 atom stereocenters. The molecule has 0 heterocycles. The van der Waals surface area contributed by atoms with E-state index in [0.29, 0.717) is 0 Å². The molecular formula is C59H52. The fraction of sp³-hybridized carbons (Fsp3) is 0.153. The second-order valence-corrected chi connectivity index (χ2v) is 16.5. The Balaban J connectivity index is 0.000000125. The van der Waals surface area contributed by atoms with Gasteiger partial charge >= 0.3 is 0 Å². The van der Waals surface area contributed by atoms with E-state index in [1.54, 1.807) is 0 Å². The average Bonchev–Trinajstić information content (AvgIpc) is 4.02. The number of hydrogen-bond acceptors (Lipinski definition) is 0. The molecule has 12 rings (SSSR count). The minimum absolute atomic E-state index is 0.160. The first-order valence-electron chi connectivity index (χ1n) is 21.4. The van der Waals surface area contributed by atoms with E-state index in [0.717, 1.165) is 12.8 Å². The third-order valence-corrected chi connectivity index (χ3v) is 13.0. The summed E-state index contributed by atoms with van der Waals surface area (Å²) in [4.78, 5) is 0. The van der Waals surface area contributed by atoms with Gasteiger partial charge in [0.05, 0.1) is 0 Å². The molecule has 0 bridgehead atoms. The van der Waals surface area contributed by atoms with Crippen molar-refractivity contribution in [3.05, 3.63) is 250 Å². The molecule has 0 nitrogen and oxygen atoms in total. The van der Waals surface area contributed by atoms with E-state index in [-0.39, 0.29) is 10.8 Å². The van der Waals surface area contributed by atoms with E-state index in [1.807, 2.05) is 13.8 Å². The zero-order valence-electron chi connectivity index (χ0n) is 35.0. The highest BCUT2D eigenvalue weighted by atomic mass is 14.5. The zero-order chi connectivity index (χ0) is 40.6. The van der Waals surface area contributed by atoms with Crippen molar-refractivity contribution in [3.63, 3.8) is 0 Å². The molecule has 0 saturated heterocycles. The molecule has 0 unspecified atom stereocenters. The first-order valence-corrected chi connectivity index (χ1v) is 21.4. The summed E-state index contributed by atoms with van der Waals surface area (Å²) in [6.45, 7) is 11.0. The quantitative estimate of drug-likeness (QED) is 0.165. The van der Waals surface area contributed by atoms with Crippen LogP contribution < -0.4 is 0 Å². The van der Waals surface area contributed by atoms with Gasteiger partial charge in [0.15, 0.2) is 0 Å². The Hall–Kier alpha value is -6.50. The van der Waals surface area contributed by atoms with Crippen molar-refractivity contribution in [1.82, 2.24) is 0 Å². The minimum atomic E-state index is -0.162. The van der Waals surface area contributed by atoms with Crippen LogP contribution in [0.2, 0.25) is 0 Å². The number of rotatable bonds is 2. The van der Waals surface area contributed by atoms with Crippen LogP contribution in [0.3, 0.4) is 0 Å². The van der Waals surface area contributed by atoms with Crippen molar-refractivity contribution in [2.24, 2.45) is 0 Å². The van der Waals surface area contributed by atoms with Crippen LogP contribution >= 0.6 is 0 Å². The maximum atomic E-state index is 2.43. The Morgan fingerprint density at radius 1 is 0.305 bits per heavy atom. The molecule has 8 aromatic carbocycles. The van der Waals surface area contributed by atoms with Gasteiger partial charge in [-0.05, 0) is 114 Å². The van der Waals surface area contributed by atoms with Crippen LogP contribution in [0.15, 0.2) is 200 Å². The molecule has 288 valence electrons. The average molecular weight is 761 g/mol. The van der Waals surface area contributed by atoms with Gasteiger partial charge in [0.1, 0.15) is 0 Å². The van der Waals surface area contributed by atoms with Gasteiger partial charge < -0.3 is 0 Å². The summed E-state index contributed by atoms with van der Waals surface area (Å²) in [6.07, 6.45) is 2.10. The lowest BCUT2D eigenvalue weighted by Gasteiger charge is -2.31. The number of allylic oxidation sites excluding steroid dienone is 2. The zero-order valence-corrected chi connectivity index (χ0v) is 35.0. The molecule has 59 heavy (non-hydrogen) atoms. The smallest absolute Gasteiger partial charge is 0.0444 e. The predicted octanol–water partition coefficient (Wildman–Crippen LogP) is 15.4. The molecule has 0 radical (unpaired) electrons. The second kappa shape index (κ2) is 15.7. The van der Waals surface area contributed by atoms with Crippen molar-refractivity contribution in [3.8, 4) is 33.4 Å². The monoisotopic (exact) mass is 760 g/mol. The van der Waals surface area contributed by atoms with Crippen LogP contribution in [0.4, 0.5) is 0 Å². The molecule has 0 N–H and O–H groups in total. The van der Waals surface area contributed by atoms with Gasteiger partial charge in [-0.3, -0.25) is 0 Å². The van der Waals surface area contributed by atoms with Gasteiger partial charge in [0.25, 0.3) is 0 Å². The number of benzene rings is 8. The topological polar surface area (TPSA) is 0 Å². The molecule has 0 aliphatic heterocycles. The van der Waals surface area contributed by atoms with Crippen LogP contribution in [0.5, 0.6) is 0 Å². The van der Waals surface area contributed by atoms with E-state index in [9.17, 15) is 0 Å². The summed E-state index contributed by atoms with van der Waals surface area (Å²) in [5, 5.41) is 0. The second-order valence-electron chi connectivity index (χ2n) is 16.5. The Morgan fingerprint density at radius 3 is 1.08 bits per heavy atom. The molecule has 4 aliphatic rings. The summed E-state index contributed by atoms with van der Waals surface area (Å²) >= 11 is 0. The highest BCUT2D eigenvalue weighted by Crippen LogP contribution is 2.59. The SMILES string of the molecule is CC.CC1(C)c2ccccc2-c2ccccc21.CC1(C2=C(c3ccccc3)Cc3ccccc32)c2ccccc2-c2ccccc21.c1ccc2c(c1)Cc1ccccc1-2. The third-order valence-electron chi connectivity index (χ3n) is 13.0. The maximum Gasteiger partial charge on any atom is 0.0444 e. The molecule has 8 aromatic rings. The van der Waals surface area contributed by atoms with E-state index in [1.165, 1.54) is 94.6 Å². The molecule has 0 aromatic heterocycles. The molecule has 0 heteroatoms. The van der Waals surface area contributed by atoms with Crippen LogP contribution in [-0.4, -0.2) is 0 Å². The molecule has 0 saturated carbocycles. The molecule has 0 fully saturated rings. The predicted molar refractivity (Wildman–Crippen MR) is 252 cm³/mol. The van der Waals surface area contributed by atoms with Crippen LogP contribution in [0, 0.1) is 0 Å². The van der Waals surface area contributed by atoms with Crippen molar-refractivity contribution in [1.29, 1.82) is 0 Å². The van der Waals surface area contributed by atoms with Gasteiger partial charge in [-0.2, -0.15) is 0 Å². The van der Waals surface area contributed by atoms with Crippen LogP contribution in [0.1, 0.15) is 84.7 Å². The van der Waals surface area contributed by atoms with Crippen molar-refractivity contribution in [2.45, 2.75) is 58.3 Å². The van der Waals surface area contributed by atoms with Gasteiger partial charge in [0, 0.05) is 10.8 Å². The summed E-state index contributed by atoms with van der Waals surface area (Å²) in [5.41, 5.74) is 24.1. The lowest BCUT2D eigenvalue weighted by molar-refractivity contribution is 0.660. The van der Waals surface area contributed by atoms with Crippen molar-refractivity contribution in [2.75, 3.05) is 0 Å². The van der Waals surface area contributed by atoms with Crippen molar-refractivity contribution < 1.29 is 0 Å². The van der Waals surface area contributed by atoms with Crippen molar-refractivity contribution >= 4 is 11.1 Å². The van der Waals surface area contributed by atoms with E-state index < -0.39 is 0 Å². The fourth-order valence-corrected chi connectivity index (χ4v) is 10.3. The van der Waals surface area contributed by atoms with Gasteiger partial charge in [-0.15, -0.1) is 0 Å². The van der Waals surface area contributed by atoms with Crippen LogP contribution in [0.25, 0.3) is 44.5 Å². The summed E-state index contributed by atoms with van der Waals surface area (Å²) < 4.78 is 0. The highest BCUT2D eigenvalue weighted by Gasteiger charge is 2.45. The lowest BCUT2D eigenvalue weighted by atomic mass is 9.70. The molecule has 4 aliphatic carbocycles. The Morgan fingerprint density at radius 2 is 0.627 bits per heavy atom. The van der Waals surface area contributed by atoms with Crippen LogP contribution in [-0.2, 0) is 23.7 Å². The molecular weight excluding hydrogens is 709 g/mol. The number of fused-ring (bicyclic) bond motifs is 10. The van der Waals surface area contributed by atoms with Gasteiger partial charge in [0.2, 0.25) is 0 Å². The minimum Gasteiger partial charge on any atom is -0.0683 e. The Bertz CT molecular complexity index is 2690. The Labute approximate surface area is 351 Å². The van der Waals surface area contributed by atoms with E-state index in [2.05, 4.69) is 221 Å². The molecule has 0 amide bonds. The standard InChI is InChI=1S/C29H22.C15H14.C13H10.C2H6/c1-29(26-17-9-7-15-23(26)24-16-8-10-18-27(24)29)28-22-14-6-5-13-21(22)19-25(28)20-11-3-2-4-12-20;1-15(2)13-9-5-3-7-11(13)12-8-4-6-10-14(12)15;1-3-7-12-10(5-1)9-11-6-2-4-8-13(11)12;1-2/h2-18H,19H2,1H3;3-10H,1-2H3;1-8H,9H2;1-2H3. The third kappa shape index (κ3) is 6.39. The van der Waals surface area contributed by atoms with Gasteiger partial charge in [-0.25, -0.2) is 0 Å². The largest absolute Gasteiger partial charge is 0.0683 e. The lowest BCUT2D eigenvalue weighted by Crippen LogP contribution is -2.23. The van der Waals surface area contributed by atoms with Gasteiger partial charge in [-0.1, -0.05) is 228 Å². The summed E-state index contributed by atoms with van der Waals surface area (Å²) in [5.74, 6) is 0. The Kier molecular flexibility index (Phi) is 10.1. The van der Waals surface area contributed by atoms with E-state index >= 15 is 0 Å². The highest BCUT2D eigenvalue weighted by molar-refractivity contribution is 6.05. The first-order chi connectivity index (χ1) is 28.9. The fourth-order valence-electron chi connectivity index (χ4n) is 10.3. The summed E-state index contributed by atoms with van der Waals surface area (Å²) in [6, 6.07) is 72.6. The summed E-state index contributed by atoms with van der Waals surface area (Å²) in [7, 11) is 0. The molecule has 0 spiro atoms. The van der Waals surface area contributed by atoms with E-state index in [4.69, 9.17) is 0 Å². The normalized spacial score (nSPS) is 14.6. The first kappa shape index (κ1) is 38.0. The number of hydrogen-bond donors (Lipinski definition) is 0.